The van der Waals surface area contributed by atoms with Crippen LogP contribution in [0.5, 0.6) is 0 Å². The summed E-state index contributed by atoms with van der Waals surface area (Å²) in [5, 5.41) is 7.23. The average molecular weight is 759 g/mol. The van der Waals surface area contributed by atoms with Gasteiger partial charge in [0.1, 0.15) is 11.2 Å². The van der Waals surface area contributed by atoms with Crippen LogP contribution in [-0.4, -0.2) is 4.57 Å². The molecule has 0 spiro atoms. The highest BCUT2D eigenvalue weighted by Crippen LogP contribution is 2.49. The lowest BCUT2D eigenvalue weighted by molar-refractivity contribution is 0.670. The van der Waals surface area contributed by atoms with E-state index in [9.17, 15) is 0 Å². The summed E-state index contributed by atoms with van der Waals surface area (Å²) in [6.45, 7) is 0. The summed E-state index contributed by atoms with van der Waals surface area (Å²) in [5.74, 6) is 0. The maximum Gasteiger partial charge on any atom is 0.143 e. The third-order valence-corrected chi connectivity index (χ3v) is 12.8. The monoisotopic (exact) mass is 758 g/mol. The fourth-order valence-electron chi connectivity index (χ4n) is 9.14. The van der Waals surface area contributed by atoms with Gasteiger partial charge in [0.05, 0.1) is 28.1 Å². The van der Waals surface area contributed by atoms with Crippen molar-refractivity contribution in [2.24, 2.45) is 0 Å². The molecule has 272 valence electrons. The number of para-hydroxylation sites is 6. The Morgan fingerprint density at radius 3 is 1.90 bits per heavy atom. The van der Waals surface area contributed by atoms with Crippen LogP contribution < -0.4 is 4.90 Å². The van der Waals surface area contributed by atoms with Gasteiger partial charge in [-0.2, -0.15) is 0 Å². The van der Waals surface area contributed by atoms with E-state index in [0.717, 1.165) is 66.8 Å². The van der Waals surface area contributed by atoms with E-state index in [-0.39, 0.29) is 0 Å². The molecule has 0 aliphatic rings. The maximum absolute atomic E-state index is 6.63. The van der Waals surface area contributed by atoms with E-state index in [1.54, 1.807) is 0 Å². The summed E-state index contributed by atoms with van der Waals surface area (Å²) in [6.07, 6.45) is 0. The summed E-state index contributed by atoms with van der Waals surface area (Å²) < 4.78 is 11.7. The molecular weight excluding hydrogens is 725 g/mol. The highest BCUT2D eigenvalue weighted by molar-refractivity contribution is 7.26. The molecule has 12 rings (SSSR count). The third-order valence-electron chi connectivity index (χ3n) is 11.6. The molecule has 9 aromatic carbocycles. The molecule has 0 radical (unpaired) electrons. The molecule has 0 amide bonds. The van der Waals surface area contributed by atoms with Crippen LogP contribution in [0.15, 0.2) is 211 Å². The quantitative estimate of drug-likeness (QED) is 0.168. The van der Waals surface area contributed by atoms with Crippen molar-refractivity contribution in [1.29, 1.82) is 0 Å². The van der Waals surface area contributed by atoms with Crippen molar-refractivity contribution >= 4 is 92.3 Å². The van der Waals surface area contributed by atoms with Gasteiger partial charge < -0.3 is 13.9 Å². The summed E-state index contributed by atoms with van der Waals surface area (Å²) >= 11 is 1.88. The first kappa shape index (κ1) is 32.8. The molecule has 3 heterocycles. The van der Waals surface area contributed by atoms with Gasteiger partial charge in [-0.05, 0) is 54.6 Å². The van der Waals surface area contributed by atoms with Crippen molar-refractivity contribution in [2.45, 2.75) is 0 Å². The van der Waals surface area contributed by atoms with E-state index in [4.69, 9.17) is 4.42 Å². The minimum Gasteiger partial charge on any atom is -0.455 e. The Balaban J connectivity index is 1.13. The lowest BCUT2D eigenvalue weighted by Gasteiger charge is -2.28. The molecule has 0 bridgehead atoms. The molecule has 0 saturated heterocycles. The van der Waals surface area contributed by atoms with E-state index >= 15 is 0 Å². The second-order valence-corrected chi connectivity index (χ2v) is 15.8. The molecular formula is C54H34N2OS. The highest BCUT2D eigenvalue weighted by atomic mass is 32.1. The lowest BCUT2D eigenvalue weighted by atomic mass is 9.99. The normalized spacial score (nSPS) is 11.8. The lowest BCUT2D eigenvalue weighted by Crippen LogP contribution is -2.11. The molecule has 4 heteroatoms. The maximum atomic E-state index is 6.63. The zero-order valence-electron chi connectivity index (χ0n) is 31.3. The van der Waals surface area contributed by atoms with Crippen LogP contribution in [0.25, 0.3) is 91.9 Å². The molecule has 0 saturated carbocycles. The number of furan rings is 1. The molecule has 0 atom stereocenters. The van der Waals surface area contributed by atoms with Crippen LogP contribution in [0.1, 0.15) is 0 Å². The van der Waals surface area contributed by atoms with Crippen LogP contribution in [0.3, 0.4) is 0 Å². The van der Waals surface area contributed by atoms with Gasteiger partial charge in [0.2, 0.25) is 0 Å². The molecule has 3 aromatic heterocycles. The summed E-state index contributed by atoms with van der Waals surface area (Å²) in [4.78, 5) is 2.43. The van der Waals surface area contributed by atoms with Crippen molar-refractivity contribution in [3.63, 3.8) is 0 Å². The molecule has 0 N–H and O–H groups in total. The number of nitrogens with zero attached hydrogens (tertiary/aromatic N) is 2. The van der Waals surface area contributed by atoms with Crippen molar-refractivity contribution in [2.75, 3.05) is 4.90 Å². The zero-order chi connectivity index (χ0) is 38.2. The van der Waals surface area contributed by atoms with Gasteiger partial charge in [0.25, 0.3) is 0 Å². The first-order valence-corrected chi connectivity index (χ1v) is 20.5. The van der Waals surface area contributed by atoms with Gasteiger partial charge in [-0.25, -0.2) is 0 Å². The molecule has 0 aliphatic carbocycles. The van der Waals surface area contributed by atoms with Gasteiger partial charge in [-0.15, -0.1) is 11.3 Å². The van der Waals surface area contributed by atoms with Crippen LogP contribution in [0.4, 0.5) is 17.1 Å². The fourth-order valence-corrected chi connectivity index (χ4v) is 10.4. The van der Waals surface area contributed by atoms with Crippen molar-refractivity contribution in [1.82, 2.24) is 4.57 Å². The average Bonchev–Trinajstić information content (AvgIpc) is 3.97. The first-order chi connectivity index (χ1) is 28.8. The van der Waals surface area contributed by atoms with Crippen molar-refractivity contribution in [3.05, 3.63) is 206 Å². The van der Waals surface area contributed by atoms with Gasteiger partial charge >= 0.3 is 0 Å². The minimum absolute atomic E-state index is 0.892. The Kier molecular flexibility index (Phi) is 7.40. The molecule has 0 fully saturated rings. The summed E-state index contributed by atoms with van der Waals surface area (Å²) in [7, 11) is 0. The number of fused-ring (bicyclic) bond motifs is 9. The number of rotatable bonds is 6. The molecule has 3 nitrogen and oxygen atoms in total. The molecule has 0 unspecified atom stereocenters. The number of benzene rings is 9. The molecule has 58 heavy (non-hydrogen) atoms. The summed E-state index contributed by atoms with van der Waals surface area (Å²) in [6, 6.07) is 74.3. The summed E-state index contributed by atoms with van der Waals surface area (Å²) in [5.41, 5.74) is 13.1. The van der Waals surface area contributed by atoms with Crippen LogP contribution >= 0.6 is 11.3 Å². The largest absolute Gasteiger partial charge is 0.455 e. The topological polar surface area (TPSA) is 21.3 Å². The number of anilines is 3. The van der Waals surface area contributed by atoms with Crippen LogP contribution in [0.2, 0.25) is 0 Å². The molecule has 12 aromatic rings. The van der Waals surface area contributed by atoms with E-state index < -0.39 is 0 Å². The van der Waals surface area contributed by atoms with Gasteiger partial charge in [0.15, 0.2) is 0 Å². The van der Waals surface area contributed by atoms with Crippen molar-refractivity contribution < 1.29 is 4.42 Å². The number of thiophene rings is 1. The predicted molar refractivity (Wildman–Crippen MR) is 247 cm³/mol. The highest BCUT2D eigenvalue weighted by Gasteiger charge is 2.25. The molecule has 0 aliphatic heterocycles. The van der Waals surface area contributed by atoms with E-state index in [1.807, 2.05) is 17.4 Å². The predicted octanol–water partition coefficient (Wildman–Crippen LogP) is 15.9. The van der Waals surface area contributed by atoms with Crippen molar-refractivity contribution in [3.8, 4) is 27.9 Å². The van der Waals surface area contributed by atoms with Gasteiger partial charge in [-0.3, -0.25) is 0 Å². The Morgan fingerprint density at radius 2 is 1.00 bits per heavy atom. The second-order valence-electron chi connectivity index (χ2n) is 14.8. The number of aromatic nitrogens is 1. The minimum atomic E-state index is 0.892. The van der Waals surface area contributed by atoms with Crippen LogP contribution in [0, 0.1) is 0 Å². The fraction of sp³-hybridized carbons (Fsp3) is 0. The first-order valence-electron chi connectivity index (χ1n) is 19.7. The Bertz CT molecular complexity index is 3540. The SMILES string of the molecule is c1ccc(N(c2ccccc2-c2cccc3c2oc2ccccc23)c2cccc3c2c2ccccc2n3-c2ccccc2-c2cccc3c2sc2ccccc23)cc1. The van der Waals surface area contributed by atoms with E-state index in [2.05, 4.69) is 210 Å². The Hall–Kier alpha value is -7.40. The van der Waals surface area contributed by atoms with Gasteiger partial charge in [-0.1, -0.05) is 152 Å². The van der Waals surface area contributed by atoms with E-state index in [1.165, 1.54) is 42.1 Å². The number of hydrogen-bond acceptors (Lipinski definition) is 3. The van der Waals surface area contributed by atoms with Gasteiger partial charge in [0, 0.05) is 69.7 Å². The standard InChI is InChI=1S/C54H34N2OS/c1-2-17-35(18-3-1)55(45-28-9-4-19-36(45)40-24-14-25-41-38-21-7-12-33-50(38)57-53(40)41)48-31-16-32-49-52(48)44-23-6-11-30-47(44)56(49)46-29-10-5-20-37(46)42-26-15-27-43-39-22-8-13-34-51(39)58-54(42)43/h1-34H. The third kappa shape index (κ3) is 4.92. The van der Waals surface area contributed by atoms with E-state index in [0.29, 0.717) is 0 Å². The van der Waals surface area contributed by atoms with Crippen LogP contribution in [-0.2, 0) is 0 Å². The zero-order valence-corrected chi connectivity index (χ0v) is 32.2. The Morgan fingerprint density at radius 1 is 0.397 bits per heavy atom. The Labute approximate surface area is 338 Å². The second kappa shape index (κ2) is 13.1. The smallest absolute Gasteiger partial charge is 0.143 e. The number of hydrogen-bond donors (Lipinski definition) is 0.